The van der Waals surface area contributed by atoms with Crippen molar-refractivity contribution in [1.29, 1.82) is 0 Å². The van der Waals surface area contributed by atoms with Gasteiger partial charge in [-0.15, -0.1) is 0 Å². The molecule has 0 radical (unpaired) electrons. The number of amides is 1. The van der Waals surface area contributed by atoms with Gasteiger partial charge in [-0.25, -0.2) is 4.79 Å². The van der Waals surface area contributed by atoms with E-state index < -0.39 is 5.60 Å². The lowest BCUT2D eigenvalue weighted by atomic mass is 9.79. The predicted molar refractivity (Wildman–Crippen MR) is 77.5 cm³/mol. The summed E-state index contributed by atoms with van der Waals surface area (Å²) in [7, 11) is 0. The first-order chi connectivity index (χ1) is 9.42. The first kappa shape index (κ1) is 15.3. The summed E-state index contributed by atoms with van der Waals surface area (Å²) in [4.78, 5) is 25.9. The summed E-state index contributed by atoms with van der Waals surface area (Å²) in [5, 5.41) is 0. The molecule has 114 valence electrons. The highest BCUT2D eigenvalue weighted by Crippen LogP contribution is 2.35. The molecular weight excluding hydrogens is 254 g/mol. The molecule has 0 aromatic carbocycles. The van der Waals surface area contributed by atoms with E-state index in [1.807, 2.05) is 20.8 Å². The van der Waals surface area contributed by atoms with Gasteiger partial charge in [-0.1, -0.05) is 19.3 Å². The Morgan fingerprint density at radius 2 is 1.75 bits per heavy atom. The summed E-state index contributed by atoms with van der Waals surface area (Å²) in [6, 6.07) is -0.109. The number of carbonyl (C=O) groups excluding carboxylic acids is 2. The van der Waals surface area contributed by atoms with Gasteiger partial charge in [0.15, 0.2) is 0 Å². The number of hydrogen-bond donors (Lipinski definition) is 0. The van der Waals surface area contributed by atoms with Crippen LogP contribution in [0.25, 0.3) is 0 Å². The molecule has 4 heteroatoms. The maximum atomic E-state index is 12.5. The highest BCUT2D eigenvalue weighted by molar-refractivity contribution is 5.74. The van der Waals surface area contributed by atoms with Crippen LogP contribution in [0.3, 0.4) is 0 Å². The molecule has 0 N–H and O–H groups in total. The Kier molecular flexibility index (Phi) is 4.71. The van der Waals surface area contributed by atoms with Gasteiger partial charge in [-0.2, -0.15) is 0 Å². The Hall–Kier alpha value is -1.06. The zero-order chi connectivity index (χ0) is 14.8. The maximum Gasteiger partial charge on any atom is 0.411 e. The van der Waals surface area contributed by atoms with Crippen LogP contribution >= 0.6 is 0 Å². The maximum absolute atomic E-state index is 12.5. The number of carbonyl (C=O) groups is 2. The molecule has 2 rings (SSSR count). The number of aldehydes is 1. The molecule has 0 aliphatic heterocycles. The van der Waals surface area contributed by atoms with Crippen molar-refractivity contribution in [3.63, 3.8) is 0 Å². The van der Waals surface area contributed by atoms with E-state index in [2.05, 4.69) is 0 Å². The van der Waals surface area contributed by atoms with Crippen LogP contribution in [-0.2, 0) is 9.53 Å². The standard InChI is InChI=1S/C16H27NO3/c1-16(2,3)20-15(19)17(13-9-4-5-10-13)14(11-18)12-7-6-8-12/h11-14H,4-10H2,1-3H3. The Balaban J connectivity index is 2.14. The van der Waals surface area contributed by atoms with Gasteiger partial charge in [0.05, 0.1) is 6.04 Å². The molecule has 2 aliphatic carbocycles. The van der Waals surface area contributed by atoms with Crippen LogP contribution < -0.4 is 0 Å². The van der Waals surface area contributed by atoms with Gasteiger partial charge in [-0.3, -0.25) is 4.90 Å². The molecule has 20 heavy (non-hydrogen) atoms. The average Bonchev–Trinajstić information content (AvgIpc) is 2.76. The Labute approximate surface area is 121 Å². The average molecular weight is 281 g/mol. The van der Waals surface area contributed by atoms with Crippen LogP contribution in [0.4, 0.5) is 4.79 Å². The monoisotopic (exact) mass is 281 g/mol. The van der Waals surface area contributed by atoms with Gasteiger partial charge in [0.25, 0.3) is 0 Å². The van der Waals surface area contributed by atoms with E-state index in [-0.39, 0.29) is 18.2 Å². The summed E-state index contributed by atoms with van der Waals surface area (Å²) in [5.74, 6) is 0.334. The van der Waals surface area contributed by atoms with Crippen LogP contribution in [0.1, 0.15) is 65.7 Å². The Morgan fingerprint density at radius 3 is 2.15 bits per heavy atom. The van der Waals surface area contributed by atoms with Gasteiger partial charge < -0.3 is 9.53 Å². The van der Waals surface area contributed by atoms with E-state index in [1.54, 1.807) is 4.90 Å². The lowest BCUT2D eigenvalue weighted by molar-refractivity contribution is -0.116. The van der Waals surface area contributed by atoms with Crippen LogP contribution in [0, 0.1) is 5.92 Å². The molecule has 4 nitrogen and oxygen atoms in total. The topological polar surface area (TPSA) is 46.6 Å². The second-order valence-corrected chi connectivity index (χ2v) is 7.14. The van der Waals surface area contributed by atoms with Crippen molar-refractivity contribution in [3.05, 3.63) is 0 Å². The molecule has 0 bridgehead atoms. The van der Waals surface area contributed by atoms with E-state index in [0.717, 1.165) is 44.8 Å². The fourth-order valence-corrected chi connectivity index (χ4v) is 3.20. The molecule has 1 atom stereocenters. The van der Waals surface area contributed by atoms with Crippen molar-refractivity contribution in [3.8, 4) is 0 Å². The normalized spacial score (nSPS) is 22.1. The van der Waals surface area contributed by atoms with Crippen molar-refractivity contribution < 1.29 is 14.3 Å². The minimum absolute atomic E-state index is 0.181. The fourth-order valence-electron chi connectivity index (χ4n) is 3.20. The first-order valence-corrected chi connectivity index (χ1v) is 7.89. The lowest BCUT2D eigenvalue weighted by Gasteiger charge is -2.41. The van der Waals surface area contributed by atoms with Crippen molar-refractivity contribution in [2.24, 2.45) is 5.92 Å². The van der Waals surface area contributed by atoms with Crippen LogP contribution in [-0.4, -0.2) is 35.0 Å². The fraction of sp³-hybridized carbons (Fsp3) is 0.875. The second-order valence-electron chi connectivity index (χ2n) is 7.14. The van der Waals surface area contributed by atoms with Crippen LogP contribution in [0.2, 0.25) is 0 Å². The number of nitrogens with zero attached hydrogens (tertiary/aromatic N) is 1. The first-order valence-electron chi connectivity index (χ1n) is 7.89. The van der Waals surface area contributed by atoms with Gasteiger partial charge in [0, 0.05) is 6.04 Å². The SMILES string of the molecule is CC(C)(C)OC(=O)N(C1CCCC1)C(C=O)C1CCC1. The van der Waals surface area contributed by atoms with Crippen molar-refractivity contribution >= 4 is 12.4 Å². The van der Waals surface area contributed by atoms with Gasteiger partial charge in [0.1, 0.15) is 11.9 Å². The molecule has 1 unspecified atom stereocenters. The summed E-state index contributed by atoms with van der Waals surface area (Å²) in [6.07, 6.45) is 8.19. The van der Waals surface area contributed by atoms with E-state index >= 15 is 0 Å². The van der Waals surface area contributed by atoms with Gasteiger partial charge in [-0.05, 0) is 52.4 Å². The molecule has 2 aliphatic rings. The van der Waals surface area contributed by atoms with E-state index in [9.17, 15) is 9.59 Å². The molecule has 0 saturated heterocycles. The van der Waals surface area contributed by atoms with Gasteiger partial charge in [0.2, 0.25) is 0 Å². The Morgan fingerprint density at radius 1 is 1.15 bits per heavy atom. The zero-order valence-corrected chi connectivity index (χ0v) is 12.9. The summed E-state index contributed by atoms with van der Waals surface area (Å²) in [6.45, 7) is 5.62. The van der Waals surface area contributed by atoms with E-state index in [0.29, 0.717) is 5.92 Å². The molecule has 2 fully saturated rings. The summed E-state index contributed by atoms with van der Waals surface area (Å²) < 4.78 is 5.54. The minimum atomic E-state index is -0.513. The second kappa shape index (κ2) is 6.15. The summed E-state index contributed by atoms with van der Waals surface area (Å²) >= 11 is 0. The van der Waals surface area contributed by atoms with E-state index in [4.69, 9.17) is 4.74 Å². The largest absolute Gasteiger partial charge is 0.444 e. The third-order valence-corrected chi connectivity index (χ3v) is 4.42. The molecule has 0 aromatic rings. The van der Waals surface area contributed by atoms with Crippen molar-refractivity contribution in [2.75, 3.05) is 0 Å². The van der Waals surface area contributed by atoms with Crippen LogP contribution in [0.15, 0.2) is 0 Å². The zero-order valence-electron chi connectivity index (χ0n) is 12.9. The molecule has 0 heterocycles. The highest BCUT2D eigenvalue weighted by Gasteiger charge is 2.40. The molecular formula is C16H27NO3. The Bertz CT molecular complexity index is 351. The van der Waals surface area contributed by atoms with Crippen molar-refractivity contribution in [2.45, 2.75) is 83.4 Å². The molecule has 1 amide bonds. The van der Waals surface area contributed by atoms with Crippen LogP contribution in [0.5, 0.6) is 0 Å². The quantitative estimate of drug-likeness (QED) is 0.740. The number of hydrogen-bond acceptors (Lipinski definition) is 3. The molecule has 0 spiro atoms. The van der Waals surface area contributed by atoms with Crippen molar-refractivity contribution in [1.82, 2.24) is 4.90 Å². The number of ether oxygens (including phenoxy) is 1. The molecule has 0 aromatic heterocycles. The summed E-state index contributed by atoms with van der Waals surface area (Å²) in [5.41, 5.74) is -0.513. The third-order valence-electron chi connectivity index (χ3n) is 4.42. The highest BCUT2D eigenvalue weighted by atomic mass is 16.6. The third kappa shape index (κ3) is 3.53. The molecule has 2 saturated carbocycles. The smallest absolute Gasteiger partial charge is 0.411 e. The van der Waals surface area contributed by atoms with Gasteiger partial charge >= 0.3 is 6.09 Å². The van der Waals surface area contributed by atoms with E-state index in [1.165, 1.54) is 6.42 Å². The minimum Gasteiger partial charge on any atom is -0.444 e. The lowest BCUT2D eigenvalue weighted by Crippen LogP contribution is -2.53. The number of rotatable bonds is 4. The predicted octanol–water partition coefficient (Wildman–Crippen LogP) is 3.53.